The standard InChI is InChI=1S/C24H42N2O6/c1-5-9-15-25(16-10-6-2)21(27)19-31-23(29)13-14-24(30)32-20-22(28)26(17-11-7-3)18-12-8-4/h13-14H,5-12,15-20H2,1-4H3/b14-13+. The van der Waals surface area contributed by atoms with Gasteiger partial charge in [-0.1, -0.05) is 53.4 Å². The molecule has 0 aromatic heterocycles. The van der Waals surface area contributed by atoms with E-state index < -0.39 is 11.9 Å². The summed E-state index contributed by atoms with van der Waals surface area (Å²) in [6.07, 6.45) is 9.27. The Bertz CT molecular complexity index is 525. The lowest BCUT2D eigenvalue weighted by Crippen LogP contribution is -2.36. The highest BCUT2D eigenvalue weighted by Gasteiger charge is 2.16. The Balaban J connectivity index is 4.45. The molecule has 0 saturated carbocycles. The molecule has 0 N–H and O–H groups in total. The van der Waals surface area contributed by atoms with Gasteiger partial charge >= 0.3 is 11.9 Å². The van der Waals surface area contributed by atoms with Gasteiger partial charge in [-0.05, 0) is 25.7 Å². The summed E-state index contributed by atoms with van der Waals surface area (Å²) in [4.78, 5) is 51.6. The fourth-order valence-electron chi connectivity index (χ4n) is 2.80. The van der Waals surface area contributed by atoms with Gasteiger partial charge in [-0.2, -0.15) is 0 Å². The fourth-order valence-corrected chi connectivity index (χ4v) is 2.80. The maximum absolute atomic E-state index is 12.3. The van der Waals surface area contributed by atoms with Gasteiger partial charge in [0.2, 0.25) is 0 Å². The van der Waals surface area contributed by atoms with Gasteiger partial charge < -0.3 is 19.3 Å². The zero-order valence-corrected chi connectivity index (χ0v) is 20.4. The number of hydrogen-bond donors (Lipinski definition) is 0. The summed E-state index contributed by atoms with van der Waals surface area (Å²) in [5.74, 6) is -2.11. The molecule has 0 bridgehead atoms. The average molecular weight is 455 g/mol. The summed E-state index contributed by atoms with van der Waals surface area (Å²) in [5.41, 5.74) is 0. The van der Waals surface area contributed by atoms with Gasteiger partial charge in [0.05, 0.1) is 0 Å². The first-order valence-corrected chi connectivity index (χ1v) is 12.0. The van der Waals surface area contributed by atoms with Crippen molar-refractivity contribution in [3.8, 4) is 0 Å². The number of rotatable bonds is 18. The Morgan fingerprint density at radius 2 is 0.844 bits per heavy atom. The van der Waals surface area contributed by atoms with Crippen LogP contribution in [-0.2, 0) is 28.7 Å². The Morgan fingerprint density at radius 1 is 0.562 bits per heavy atom. The minimum atomic E-state index is -0.805. The van der Waals surface area contributed by atoms with Crippen molar-refractivity contribution in [1.82, 2.24) is 9.80 Å². The van der Waals surface area contributed by atoms with Crippen molar-refractivity contribution in [2.24, 2.45) is 0 Å². The average Bonchev–Trinajstić information content (AvgIpc) is 2.79. The van der Waals surface area contributed by atoms with E-state index >= 15 is 0 Å². The molecule has 8 nitrogen and oxygen atoms in total. The van der Waals surface area contributed by atoms with Crippen LogP contribution in [0.15, 0.2) is 12.2 Å². The Kier molecular flexibility index (Phi) is 17.9. The van der Waals surface area contributed by atoms with Crippen molar-refractivity contribution in [1.29, 1.82) is 0 Å². The topological polar surface area (TPSA) is 93.2 Å². The molecule has 0 fully saturated rings. The Hall–Kier alpha value is -2.38. The first kappa shape index (κ1) is 29.6. The first-order valence-electron chi connectivity index (χ1n) is 12.0. The molecule has 0 aliphatic rings. The van der Waals surface area contributed by atoms with Crippen LogP contribution in [0.5, 0.6) is 0 Å². The second-order valence-electron chi connectivity index (χ2n) is 7.72. The third kappa shape index (κ3) is 14.6. The number of unbranched alkanes of at least 4 members (excludes halogenated alkanes) is 4. The summed E-state index contributed by atoms with van der Waals surface area (Å²) < 4.78 is 9.90. The first-order chi connectivity index (χ1) is 15.4. The molecular formula is C24H42N2O6. The second kappa shape index (κ2) is 19.3. The molecule has 0 aliphatic heterocycles. The van der Waals surface area contributed by atoms with Gasteiger partial charge in [0, 0.05) is 38.3 Å². The van der Waals surface area contributed by atoms with E-state index in [0.29, 0.717) is 26.2 Å². The van der Waals surface area contributed by atoms with Crippen LogP contribution in [0.25, 0.3) is 0 Å². The van der Waals surface area contributed by atoms with Crippen LogP contribution in [-0.4, -0.2) is 72.9 Å². The largest absolute Gasteiger partial charge is 0.452 e. The number of esters is 2. The normalized spacial score (nSPS) is 10.8. The predicted octanol–water partition coefficient (Wildman–Crippen LogP) is 3.49. The van der Waals surface area contributed by atoms with Gasteiger partial charge in [0.1, 0.15) is 0 Å². The molecule has 2 amide bonds. The number of carbonyl (C=O) groups excluding carboxylic acids is 4. The van der Waals surface area contributed by atoms with E-state index in [0.717, 1.165) is 63.5 Å². The van der Waals surface area contributed by atoms with Gasteiger partial charge in [-0.15, -0.1) is 0 Å². The number of carbonyl (C=O) groups is 4. The van der Waals surface area contributed by atoms with E-state index in [1.54, 1.807) is 9.80 Å². The van der Waals surface area contributed by atoms with Gasteiger partial charge in [0.25, 0.3) is 11.8 Å². The highest BCUT2D eigenvalue weighted by molar-refractivity contribution is 5.93. The Labute approximate surface area is 193 Å². The van der Waals surface area contributed by atoms with Gasteiger partial charge in [-0.3, -0.25) is 9.59 Å². The molecule has 0 rings (SSSR count). The van der Waals surface area contributed by atoms with Crippen molar-refractivity contribution >= 4 is 23.8 Å². The lowest BCUT2D eigenvalue weighted by molar-refractivity contribution is -0.149. The van der Waals surface area contributed by atoms with Crippen molar-refractivity contribution in [2.45, 2.75) is 79.1 Å². The van der Waals surface area contributed by atoms with E-state index in [4.69, 9.17) is 9.47 Å². The highest BCUT2D eigenvalue weighted by atomic mass is 16.5. The van der Waals surface area contributed by atoms with Gasteiger partial charge in [-0.25, -0.2) is 9.59 Å². The quantitative estimate of drug-likeness (QED) is 0.232. The van der Waals surface area contributed by atoms with E-state index in [1.807, 2.05) is 27.7 Å². The summed E-state index contributed by atoms with van der Waals surface area (Å²) in [6.45, 7) is 10.0. The lowest BCUT2D eigenvalue weighted by atomic mass is 10.2. The minimum absolute atomic E-state index is 0.249. The maximum atomic E-state index is 12.3. The lowest BCUT2D eigenvalue weighted by Gasteiger charge is -2.22. The zero-order chi connectivity index (χ0) is 24.2. The van der Waals surface area contributed by atoms with Crippen molar-refractivity contribution in [3.05, 3.63) is 12.2 Å². The van der Waals surface area contributed by atoms with Crippen LogP contribution < -0.4 is 0 Å². The van der Waals surface area contributed by atoms with Crippen LogP contribution in [0.4, 0.5) is 0 Å². The smallest absolute Gasteiger partial charge is 0.331 e. The molecule has 0 unspecified atom stereocenters. The van der Waals surface area contributed by atoms with Crippen molar-refractivity contribution in [3.63, 3.8) is 0 Å². The highest BCUT2D eigenvalue weighted by Crippen LogP contribution is 2.02. The van der Waals surface area contributed by atoms with E-state index in [1.165, 1.54) is 0 Å². The molecule has 0 aromatic rings. The molecule has 32 heavy (non-hydrogen) atoms. The van der Waals surface area contributed by atoms with Crippen LogP contribution >= 0.6 is 0 Å². The molecule has 0 aromatic carbocycles. The number of nitrogens with zero attached hydrogens (tertiary/aromatic N) is 2. The molecule has 0 spiro atoms. The van der Waals surface area contributed by atoms with Crippen LogP contribution in [0.3, 0.4) is 0 Å². The molecule has 184 valence electrons. The predicted molar refractivity (Wildman–Crippen MR) is 124 cm³/mol. The molecule has 8 heteroatoms. The minimum Gasteiger partial charge on any atom is -0.452 e. The summed E-state index contributed by atoms with van der Waals surface area (Å²) in [5, 5.41) is 0. The maximum Gasteiger partial charge on any atom is 0.331 e. The van der Waals surface area contributed by atoms with E-state index in [2.05, 4.69) is 0 Å². The third-order valence-electron chi connectivity index (χ3n) is 4.86. The molecule has 0 heterocycles. The monoisotopic (exact) mass is 454 g/mol. The van der Waals surface area contributed by atoms with Crippen molar-refractivity contribution < 1.29 is 28.7 Å². The Morgan fingerprint density at radius 3 is 1.09 bits per heavy atom. The number of amides is 2. The number of ether oxygens (including phenoxy) is 2. The van der Waals surface area contributed by atoms with Crippen LogP contribution in [0, 0.1) is 0 Å². The molecule has 0 radical (unpaired) electrons. The molecular weight excluding hydrogens is 412 g/mol. The fraction of sp³-hybridized carbons (Fsp3) is 0.750. The van der Waals surface area contributed by atoms with Crippen molar-refractivity contribution in [2.75, 3.05) is 39.4 Å². The van der Waals surface area contributed by atoms with E-state index in [-0.39, 0.29) is 25.0 Å². The molecule has 0 saturated heterocycles. The second-order valence-corrected chi connectivity index (χ2v) is 7.72. The SMILES string of the molecule is CCCCN(CCCC)C(=O)COC(=O)/C=C/C(=O)OCC(=O)N(CCCC)CCCC. The third-order valence-corrected chi connectivity index (χ3v) is 4.86. The summed E-state index contributed by atoms with van der Waals surface area (Å²) in [6, 6.07) is 0. The summed E-state index contributed by atoms with van der Waals surface area (Å²) in [7, 11) is 0. The summed E-state index contributed by atoms with van der Waals surface area (Å²) >= 11 is 0. The zero-order valence-electron chi connectivity index (χ0n) is 20.4. The molecule has 0 aliphatic carbocycles. The van der Waals surface area contributed by atoms with Crippen LogP contribution in [0.1, 0.15) is 79.1 Å². The van der Waals surface area contributed by atoms with Crippen LogP contribution in [0.2, 0.25) is 0 Å². The number of hydrogen-bond acceptors (Lipinski definition) is 6. The molecule has 0 atom stereocenters. The van der Waals surface area contributed by atoms with E-state index in [9.17, 15) is 19.2 Å². The van der Waals surface area contributed by atoms with Gasteiger partial charge in [0.15, 0.2) is 13.2 Å².